The number of rotatable bonds is 9. The second kappa shape index (κ2) is 9.68. The van der Waals surface area contributed by atoms with Crippen molar-refractivity contribution in [3.8, 4) is 23.8 Å². The largest absolute Gasteiger partial charge is 0.481 e. The van der Waals surface area contributed by atoms with Crippen molar-refractivity contribution in [2.24, 2.45) is 0 Å². The molecule has 0 fully saturated rings. The number of aromatic carboxylic acids is 1. The van der Waals surface area contributed by atoms with Crippen LogP contribution in [0.1, 0.15) is 21.5 Å². The molecule has 0 spiro atoms. The van der Waals surface area contributed by atoms with Gasteiger partial charge in [-0.1, -0.05) is 36.3 Å². The molecule has 0 saturated carbocycles. The zero-order valence-corrected chi connectivity index (χ0v) is 14.4. The number of ether oxygens (including phenoxy) is 2. The topological polar surface area (TPSA) is 93.1 Å². The van der Waals surface area contributed by atoms with Crippen molar-refractivity contribution in [1.29, 1.82) is 0 Å². The van der Waals surface area contributed by atoms with Gasteiger partial charge < -0.3 is 19.7 Å². The normalized spacial score (nSPS) is 10.3. The van der Waals surface area contributed by atoms with E-state index in [1.165, 1.54) is 12.1 Å². The van der Waals surface area contributed by atoms with Crippen LogP contribution in [0.5, 0.6) is 11.5 Å². The number of hydrogen-bond acceptors (Lipinski definition) is 4. The predicted octanol–water partition coefficient (Wildman–Crippen LogP) is 3.12. The van der Waals surface area contributed by atoms with Crippen molar-refractivity contribution in [2.45, 2.75) is 6.42 Å². The van der Waals surface area contributed by atoms with Crippen molar-refractivity contribution in [2.75, 3.05) is 13.2 Å². The van der Waals surface area contributed by atoms with Gasteiger partial charge in [0.15, 0.2) is 6.61 Å². The molecule has 0 aliphatic carbocycles. The Labute approximate surface area is 156 Å². The number of aliphatic carboxylic acids is 1. The maximum Gasteiger partial charge on any atom is 0.341 e. The van der Waals surface area contributed by atoms with E-state index in [4.69, 9.17) is 26.1 Å². The molecule has 6 nitrogen and oxygen atoms in total. The highest BCUT2D eigenvalue weighted by Crippen LogP contribution is 2.26. The molecular formula is C21H18O6. The van der Waals surface area contributed by atoms with Crippen LogP contribution in [-0.2, 0) is 11.2 Å². The summed E-state index contributed by atoms with van der Waals surface area (Å²) in [5.41, 5.74) is 1.85. The number of benzene rings is 2. The lowest BCUT2D eigenvalue weighted by atomic mass is 10.1. The minimum atomic E-state index is -1.08. The molecule has 2 N–H and O–H groups in total. The lowest BCUT2D eigenvalue weighted by molar-refractivity contribution is -0.139. The number of carbonyl (C=O) groups is 2. The van der Waals surface area contributed by atoms with Gasteiger partial charge in [0.25, 0.3) is 0 Å². The highest BCUT2D eigenvalue weighted by molar-refractivity contribution is 5.87. The van der Waals surface area contributed by atoms with E-state index in [0.29, 0.717) is 17.9 Å². The quantitative estimate of drug-likeness (QED) is 0.663. The molecule has 0 heterocycles. The summed E-state index contributed by atoms with van der Waals surface area (Å²) in [7, 11) is 0. The third-order valence-electron chi connectivity index (χ3n) is 3.52. The molecule has 27 heavy (non-hydrogen) atoms. The molecule has 0 aliphatic rings. The maximum absolute atomic E-state index is 10.9. The van der Waals surface area contributed by atoms with E-state index in [1.807, 2.05) is 12.2 Å². The summed E-state index contributed by atoms with van der Waals surface area (Å²) in [5.74, 6) is 1.20. The Balaban J connectivity index is 2.11. The summed E-state index contributed by atoms with van der Waals surface area (Å²) >= 11 is 0. The van der Waals surface area contributed by atoms with Gasteiger partial charge in [-0.25, -0.2) is 9.59 Å². The fourth-order valence-corrected chi connectivity index (χ4v) is 2.25. The lowest BCUT2D eigenvalue weighted by Gasteiger charge is -2.11. The third-order valence-corrected chi connectivity index (χ3v) is 3.52. The fourth-order valence-electron chi connectivity index (χ4n) is 2.25. The van der Waals surface area contributed by atoms with Gasteiger partial charge in [0.05, 0.1) is 5.56 Å². The molecule has 2 aromatic rings. The molecule has 138 valence electrons. The van der Waals surface area contributed by atoms with Crippen molar-refractivity contribution in [3.63, 3.8) is 0 Å². The van der Waals surface area contributed by atoms with Crippen molar-refractivity contribution in [1.82, 2.24) is 0 Å². The Bertz CT molecular complexity index is 875. The Hall–Kier alpha value is -3.72. The van der Waals surface area contributed by atoms with E-state index in [0.717, 1.165) is 11.1 Å². The highest BCUT2D eigenvalue weighted by atomic mass is 16.5. The molecule has 0 aliphatic heterocycles. The van der Waals surface area contributed by atoms with Crippen LogP contribution in [0.4, 0.5) is 0 Å². The molecule has 0 amide bonds. The van der Waals surface area contributed by atoms with E-state index in [-0.39, 0.29) is 12.2 Å². The molecule has 6 heteroatoms. The first kappa shape index (κ1) is 19.6. The number of terminal acetylenes is 1. The van der Waals surface area contributed by atoms with E-state index in [2.05, 4.69) is 5.92 Å². The molecule has 0 atom stereocenters. The fraction of sp³-hybridized carbons (Fsp3) is 0.143. The number of carboxylic acids is 2. The maximum atomic E-state index is 10.9. The van der Waals surface area contributed by atoms with Gasteiger partial charge in [0, 0.05) is 6.07 Å². The molecule has 2 rings (SSSR count). The smallest absolute Gasteiger partial charge is 0.341 e. The van der Waals surface area contributed by atoms with E-state index in [9.17, 15) is 9.59 Å². The van der Waals surface area contributed by atoms with Gasteiger partial charge in [0.2, 0.25) is 0 Å². The lowest BCUT2D eigenvalue weighted by Crippen LogP contribution is -2.10. The molecule has 2 aromatic carbocycles. The summed E-state index contributed by atoms with van der Waals surface area (Å²) in [6.07, 6.45) is 9.37. The number of allylic oxidation sites excluding steroid dienone is 1. The van der Waals surface area contributed by atoms with Crippen LogP contribution >= 0.6 is 0 Å². The summed E-state index contributed by atoms with van der Waals surface area (Å²) in [6.45, 7) is -0.365. The first-order chi connectivity index (χ1) is 13.0. The van der Waals surface area contributed by atoms with Gasteiger partial charge in [-0.2, -0.15) is 0 Å². The summed E-state index contributed by atoms with van der Waals surface area (Å²) < 4.78 is 10.7. The van der Waals surface area contributed by atoms with Crippen LogP contribution in [0, 0.1) is 12.3 Å². The van der Waals surface area contributed by atoms with Crippen LogP contribution < -0.4 is 9.47 Å². The minimum Gasteiger partial charge on any atom is -0.481 e. The Morgan fingerprint density at radius 2 is 1.81 bits per heavy atom. The molecule has 0 bridgehead atoms. The van der Waals surface area contributed by atoms with E-state index >= 15 is 0 Å². The van der Waals surface area contributed by atoms with E-state index < -0.39 is 18.5 Å². The molecule has 0 saturated heterocycles. The molecule has 0 aromatic heterocycles. The standard InChI is InChI=1S/C21H18O6/c1-2-12-26-18-11-10-16(19(13-18)27-14-20(22)23)5-3-4-15-6-8-17(9-7-15)21(24)25/h1,3-4,6-11,13H,5,12,14H2,(H,22,23)(H,24,25). The van der Waals surface area contributed by atoms with Gasteiger partial charge in [-0.05, 0) is 35.7 Å². The van der Waals surface area contributed by atoms with Gasteiger partial charge in [-0.15, -0.1) is 6.42 Å². The van der Waals surface area contributed by atoms with E-state index in [1.54, 1.807) is 30.3 Å². The zero-order chi connectivity index (χ0) is 19.6. The third kappa shape index (κ3) is 6.25. The van der Waals surface area contributed by atoms with Crippen molar-refractivity contribution < 1.29 is 29.3 Å². The zero-order valence-electron chi connectivity index (χ0n) is 14.4. The second-order valence-electron chi connectivity index (χ2n) is 5.48. The minimum absolute atomic E-state index is 0.101. The Kier molecular flexibility index (Phi) is 7.03. The van der Waals surface area contributed by atoms with Crippen molar-refractivity contribution >= 4 is 18.0 Å². The first-order valence-corrected chi connectivity index (χ1v) is 8.03. The summed E-state index contributed by atoms with van der Waals surface area (Å²) in [4.78, 5) is 21.6. The van der Waals surface area contributed by atoms with Crippen molar-refractivity contribution in [3.05, 3.63) is 65.2 Å². The van der Waals surface area contributed by atoms with Crippen LogP contribution in [-0.4, -0.2) is 35.4 Å². The average Bonchev–Trinajstić information content (AvgIpc) is 2.66. The van der Waals surface area contributed by atoms with Crippen LogP contribution in [0.3, 0.4) is 0 Å². The Morgan fingerprint density at radius 1 is 1.07 bits per heavy atom. The summed E-state index contributed by atoms with van der Waals surface area (Å²) in [5, 5.41) is 17.7. The highest BCUT2D eigenvalue weighted by Gasteiger charge is 2.08. The second-order valence-corrected chi connectivity index (χ2v) is 5.48. The SMILES string of the molecule is C#CCOc1ccc(CC=Cc2ccc(C(=O)O)cc2)c(OCC(=O)O)c1. The average molecular weight is 366 g/mol. The Morgan fingerprint density at radius 3 is 2.44 bits per heavy atom. The molecule has 0 unspecified atom stereocenters. The first-order valence-electron chi connectivity index (χ1n) is 8.03. The number of hydrogen-bond donors (Lipinski definition) is 2. The number of carboxylic acid groups (broad SMARTS) is 2. The van der Waals surface area contributed by atoms with Crippen LogP contribution in [0.25, 0.3) is 6.08 Å². The van der Waals surface area contributed by atoms with Crippen LogP contribution in [0.15, 0.2) is 48.5 Å². The van der Waals surface area contributed by atoms with Gasteiger partial charge in [-0.3, -0.25) is 0 Å². The molecular weight excluding hydrogens is 348 g/mol. The van der Waals surface area contributed by atoms with Gasteiger partial charge >= 0.3 is 11.9 Å². The van der Waals surface area contributed by atoms with Crippen LogP contribution in [0.2, 0.25) is 0 Å². The predicted molar refractivity (Wildman–Crippen MR) is 100 cm³/mol. The monoisotopic (exact) mass is 366 g/mol. The molecule has 0 radical (unpaired) electrons. The van der Waals surface area contributed by atoms with Gasteiger partial charge in [0.1, 0.15) is 18.1 Å². The summed E-state index contributed by atoms with van der Waals surface area (Å²) in [6, 6.07) is 11.6.